The molecule has 3 atom stereocenters. The van der Waals surface area contributed by atoms with Crippen molar-refractivity contribution in [2.75, 3.05) is 33.0 Å². The fourth-order valence-electron chi connectivity index (χ4n) is 2.65. The third-order valence-corrected chi connectivity index (χ3v) is 4.08. The number of hydrogen-bond donors (Lipinski definition) is 2. The lowest BCUT2D eigenvalue weighted by molar-refractivity contribution is -0.151. The summed E-state index contributed by atoms with van der Waals surface area (Å²) in [5.41, 5.74) is 5.89. The molecule has 3 rings (SSSR count). The van der Waals surface area contributed by atoms with Gasteiger partial charge in [-0.15, -0.1) is 0 Å². The number of hydrogen-bond acceptors (Lipinski definition) is 5. The monoisotopic (exact) mass is 283 g/mol. The van der Waals surface area contributed by atoms with Crippen LogP contribution in [0.15, 0.2) is 0 Å². The van der Waals surface area contributed by atoms with Gasteiger partial charge in [-0.1, -0.05) is 0 Å². The van der Waals surface area contributed by atoms with Gasteiger partial charge in [-0.3, -0.25) is 9.59 Å². The van der Waals surface area contributed by atoms with Crippen molar-refractivity contribution >= 4 is 11.8 Å². The molecular weight excluding hydrogens is 262 g/mol. The Balaban J connectivity index is 1.67. The van der Waals surface area contributed by atoms with Crippen LogP contribution >= 0.6 is 0 Å². The Labute approximate surface area is 117 Å². The van der Waals surface area contributed by atoms with Gasteiger partial charge in [-0.05, 0) is 12.8 Å². The molecule has 3 unspecified atom stereocenters. The molecule has 3 fully saturated rings. The zero-order valence-corrected chi connectivity index (χ0v) is 11.4. The highest BCUT2D eigenvalue weighted by atomic mass is 16.5. The van der Waals surface area contributed by atoms with E-state index in [9.17, 15) is 9.59 Å². The summed E-state index contributed by atoms with van der Waals surface area (Å²) in [5.74, 6) is -0.549. The molecule has 3 N–H and O–H groups in total. The average Bonchev–Trinajstić information content (AvgIpc) is 3.17. The molecule has 20 heavy (non-hydrogen) atoms. The molecule has 2 aliphatic heterocycles. The predicted molar refractivity (Wildman–Crippen MR) is 69.8 cm³/mol. The van der Waals surface area contributed by atoms with Crippen LogP contribution in [0.4, 0.5) is 0 Å². The Kier molecular flexibility index (Phi) is 3.91. The first-order chi connectivity index (χ1) is 9.66. The van der Waals surface area contributed by atoms with E-state index < -0.39 is 6.04 Å². The summed E-state index contributed by atoms with van der Waals surface area (Å²) in [4.78, 5) is 26.4. The van der Waals surface area contributed by atoms with Gasteiger partial charge in [0.25, 0.3) is 0 Å². The van der Waals surface area contributed by atoms with Crippen molar-refractivity contribution in [1.82, 2.24) is 10.2 Å². The molecule has 2 amide bonds. The lowest BCUT2D eigenvalue weighted by Crippen LogP contribution is -2.58. The third-order valence-electron chi connectivity index (χ3n) is 4.08. The van der Waals surface area contributed by atoms with Crippen LogP contribution in [0.25, 0.3) is 0 Å². The van der Waals surface area contributed by atoms with Crippen molar-refractivity contribution < 1.29 is 19.1 Å². The van der Waals surface area contributed by atoms with E-state index in [1.807, 2.05) is 0 Å². The number of morpholine rings is 1. The largest absolute Gasteiger partial charge is 0.379 e. The van der Waals surface area contributed by atoms with Crippen LogP contribution in [0, 0.1) is 5.92 Å². The molecule has 0 aromatic heterocycles. The van der Waals surface area contributed by atoms with Gasteiger partial charge < -0.3 is 25.4 Å². The van der Waals surface area contributed by atoms with Crippen LogP contribution in [0.2, 0.25) is 0 Å². The number of carbonyl (C=O) groups is 2. The highest BCUT2D eigenvalue weighted by Gasteiger charge is 2.41. The van der Waals surface area contributed by atoms with Gasteiger partial charge in [0.05, 0.1) is 32.3 Å². The van der Waals surface area contributed by atoms with Gasteiger partial charge in [-0.2, -0.15) is 0 Å². The summed E-state index contributed by atoms with van der Waals surface area (Å²) in [6.45, 7) is 1.90. The smallest absolute Gasteiger partial charge is 0.245 e. The van der Waals surface area contributed by atoms with Gasteiger partial charge in [-0.25, -0.2) is 0 Å². The summed E-state index contributed by atoms with van der Waals surface area (Å²) in [6.07, 6.45) is 2.04. The fraction of sp³-hybridized carbons (Fsp3) is 0.846. The van der Waals surface area contributed by atoms with Crippen LogP contribution < -0.4 is 11.1 Å². The van der Waals surface area contributed by atoms with Crippen LogP contribution in [0.5, 0.6) is 0 Å². The van der Waals surface area contributed by atoms with Crippen LogP contribution in [-0.4, -0.2) is 67.8 Å². The zero-order valence-electron chi connectivity index (χ0n) is 11.4. The number of nitrogens with zero attached hydrogens (tertiary/aromatic N) is 1. The summed E-state index contributed by atoms with van der Waals surface area (Å²) < 4.78 is 10.6. The molecule has 112 valence electrons. The first kappa shape index (κ1) is 13.8. The van der Waals surface area contributed by atoms with E-state index in [0.717, 1.165) is 12.8 Å². The lowest BCUT2D eigenvalue weighted by Gasteiger charge is -2.36. The standard InChI is InChI=1S/C13H21N3O4/c14-10-6-20-5-9(10)13(18)16-3-4-19-7-11(16)12(17)15-8-1-2-8/h8-11H,1-7,14H2,(H,15,17). The minimum atomic E-state index is -0.537. The summed E-state index contributed by atoms with van der Waals surface area (Å²) in [5, 5.41) is 2.93. The quantitative estimate of drug-likeness (QED) is 0.655. The topological polar surface area (TPSA) is 93.9 Å². The SMILES string of the molecule is NC1COCC1C(=O)N1CCOCC1C(=O)NC1CC1. The van der Waals surface area contributed by atoms with Gasteiger partial charge >= 0.3 is 0 Å². The van der Waals surface area contributed by atoms with E-state index >= 15 is 0 Å². The molecule has 3 aliphatic rings. The number of nitrogens with two attached hydrogens (primary N) is 1. The van der Waals surface area contributed by atoms with Crippen molar-refractivity contribution in [1.29, 1.82) is 0 Å². The third kappa shape index (κ3) is 2.79. The van der Waals surface area contributed by atoms with Crippen molar-refractivity contribution in [2.24, 2.45) is 11.7 Å². The first-order valence-corrected chi connectivity index (χ1v) is 7.18. The molecule has 0 spiro atoms. The number of ether oxygens (including phenoxy) is 2. The number of amides is 2. The van der Waals surface area contributed by atoms with Crippen molar-refractivity contribution in [3.8, 4) is 0 Å². The minimum absolute atomic E-state index is 0.0887. The maximum absolute atomic E-state index is 12.6. The number of rotatable bonds is 3. The molecule has 0 radical (unpaired) electrons. The molecule has 7 heteroatoms. The highest BCUT2D eigenvalue weighted by Crippen LogP contribution is 2.21. The second-order valence-electron chi connectivity index (χ2n) is 5.71. The van der Waals surface area contributed by atoms with Gasteiger partial charge in [0.2, 0.25) is 11.8 Å². The number of nitrogens with one attached hydrogen (secondary N) is 1. The first-order valence-electron chi connectivity index (χ1n) is 7.18. The van der Waals surface area contributed by atoms with E-state index in [4.69, 9.17) is 15.2 Å². The Hall–Kier alpha value is -1.18. The zero-order chi connectivity index (χ0) is 14.1. The Morgan fingerprint density at radius 2 is 1.95 bits per heavy atom. The van der Waals surface area contributed by atoms with Gasteiger partial charge in [0.1, 0.15) is 6.04 Å². The minimum Gasteiger partial charge on any atom is -0.379 e. The summed E-state index contributed by atoms with van der Waals surface area (Å²) in [6, 6.07) is -0.541. The molecular formula is C13H21N3O4. The van der Waals surface area contributed by atoms with Crippen LogP contribution in [-0.2, 0) is 19.1 Å². The number of carbonyl (C=O) groups excluding carboxylic acids is 2. The van der Waals surface area contributed by atoms with Gasteiger partial charge in [0, 0.05) is 18.6 Å². The summed E-state index contributed by atoms with van der Waals surface area (Å²) >= 11 is 0. The van der Waals surface area contributed by atoms with Crippen LogP contribution in [0.1, 0.15) is 12.8 Å². The lowest BCUT2D eigenvalue weighted by atomic mass is 10.0. The Morgan fingerprint density at radius 3 is 2.60 bits per heavy atom. The van der Waals surface area contributed by atoms with E-state index in [1.165, 1.54) is 0 Å². The van der Waals surface area contributed by atoms with Crippen molar-refractivity contribution in [3.05, 3.63) is 0 Å². The Morgan fingerprint density at radius 1 is 1.15 bits per heavy atom. The molecule has 2 heterocycles. The maximum Gasteiger partial charge on any atom is 0.245 e. The normalized spacial score (nSPS) is 34.0. The van der Waals surface area contributed by atoms with Gasteiger partial charge in [0.15, 0.2) is 0 Å². The molecule has 0 aromatic rings. The van der Waals surface area contributed by atoms with E-state index in [2.05, 4.69) is 5.32 Å². The van der Waals surface area contributed by atoms with E-state index in [-0.39, 0.29) is 36.4 Å². The second kappa shape index (κ2) is 5.67. The molecule has 0 bridgehead atoms. The molecule has 2 saturated heterocycles. The maximum atomic E-state index is 12.6. The van der Waals surface area contributed by atoms with Crippen molar-refractivity contribution in [3.63, 3.8) is 0 Å². The molecule has 1 aliphatic carbocycles. The Bertz CT molecular complexity index is 399. The molecule has 0 aromatic carbocycles. The summed E-state index contributed by atoms with van der Waals surface area (Å²) in [7, 11) is 0. The van der Waals surface area contributed by atoms with Crippen LogP contribution in [0.3, 0.4) is 0 Å². The van der Waals surface area contributed by atoms with E-state index in [0.29, 0.717) is 26.4 Å². The molecule has 7 nitrogen and oxygen atoms in total. The second-order valence-corrected chi connectivity index (χ2v) is 5.71. The van der Waals surface area contributed by atoms with E-state index in [1.54, 1.807) is 4.90 Å². The molecule has 1 saturated carbocycles. The highest BCUT2D eigenvalue weighted by molar-refractivity contribution is 5.89. The predicted octanol–water partition coefficient (Wildman–Crippen LogP) is -1.53. The fourth-order valence-corrected chi connectivity index (χ4v) is 2.65. The van der Waals surface area contributed by atoms with Crippen molar-refractivity contribution in [2.45, 2.75) is 31.0 Å². The average molecular weight is 283 g/mol.